The maximum absolute atomic E-state index is 12.2. The molecule has 9 rings (SSSR count). The normalized spacial score (nSPS) is 10.6. The van der Waals surface area contributed by atoms with Gasteiger partial charge in [-0.2, -0.15) is 0 Å². The predicted octanol–water partition coefficient (Wildman–Crippen LogP) is 3.96. The Kier molecular flexibility index (Phi) is 15.3. The molecule has 0 saturated heterocycles. The van der Waals surface area contributed by atoms with Crippen LogP contribution < -0.4 is 31.6 Å². The van der Waals surface area contributed by atoms with Crippen LogP contribution in [0.15, 0.2) is 161 Å². The summed E-state index contributed by atoms with van der Waals surface area (Å²) in [6, 6.07) is 27.3. The number of carboxylic acid groups (broad SMARTS) is 3. The fourth-order valence-corrected chi connectivity index (χ4v) is 7.56. The molecule has 330 valence electrons. The number of pyridine rings is 6. The summed E-state index contributed by atoms with van der Waals surface area (Å²) in [6.07, 6.45) is 14.2. The fourth-order valence-electron chi connectivity index (χ4n) is 7.56. The molecule has 0 saturated carbocycles. The Bertz CT molecular complexity index is 3120. The molecule has 6 heterocycles. The number of carboxylic acids is 3. The zero-order chi connectivity index (χ0) is 47.1. The zero-order valence-electron chi connectivity index (χ0n) is 36.4. The van der Waals surface area contributed by atoms with Crippen molar-refractivity contribution in [1.82, 2.24) is 28.7 Å². The molecule has 0 fully saturated rings. The van der Waals surface area contributed by atoms with Gasteiger partial charge in [0.05, 0.1) is 51.1 Å². The minimum atomic E-state index is -1.45. The Morgan fingerprint density at radius 2 is 0.642 bits per heavy atom. The van der Waals surface area contributed by atoms with Gasteiger partial charge in [-0.05, 0) is 127 Å². The van der Waals surface area contributed by atoms with Gasteiger partial charge < -0.3 is 43.4 Å². The van der Waals surface area contributed by atoms with E-state index >= 15 is 0 Å². The molecule has 0 bridgehead atoms. The first-order chi connectivity index (χ1) is 31.8. The second-order valence-corrected chi connectivity index (χ2v) is 14.7. The largest absolute Gasteiger partial charge is 3.00 e. The van der Waals surface area contributed by atoms with Gasteiger partial charge in [-0.25, -0.2) is 0 Å². The molecule has 0 unspecified atom stereocenters. The number of aromatic carboxylic acids is 3. The van der Waals surface area contributed by atoms with Gasteiger partial charge in [0, 0.05) is 91.6 Å². The van der Waals surface area contributed by atoms with Crippen LogP contribution in [0.2, 0.25) is 0 Å². The quantitative estimate of drug-likeness (QED) is 0.188. The summed E-state index contributed by atoms with van der Waals surface area (Å²) in [4.78, 5) is 82.0. The second-order valence-electron chi connectivity index (χ2n) is 14.7. The van der Waals surface area contributed by atoms with Crippen LogP contribution in [0.1, 0.15) is 51.8 Å². The van der Waals surface area contributed by atoms with Crippen LogP contribution in [0.25, 0.3) is 66.1 Å². The van der Waals surface area contributed by atoms with Crippen molar-refractivity contribution in [2.24, 2.45) is 0 Å². The average molecular weight is 950 g/mol. The zero-order valence-corrected chi connectivity index (χ0v) is 38.8. The number of rotatable bonds is 9. The van der Waals surface area contributed by atoms with Gasteiger partial charge in [-0.3, -0.25) is 29.3 Å². The van der Waals surface area contributed by atoms with Crippen molar-refractivity contribution in [3.8, 4) is 33.4 Å². The monoisotopic (exact) mass is 948 g/mol. The molecule has 0 aliphatic heterocycles. The van der Waals surface area contributed by atoms with Crippen molar-refractivity contribution in [3.05, 3.63) is 194 Å². The first-order valence-corrected chi connectivity index (χ1v) is 20.7. The van der Waals surface area contributed by atoms with Crippen molar-refractivity contribution >= 4 is 70.4 Å². The predicted molar refractivity (Wildman–Crippen MR) is 250 cm³/mol. The molecular weight excluding hydrogens is 910 g/mol. The van der Waals surface area contributed by atoms with Gasteiger partial charge >= 0.3 is 19.8 Å². The van der Waals surface area contributed by atoms with Crippen LogP contribution in [0, 0.1) is 0 Å². The minimum Gasteiger partial charge on any atom is -0.545 e. The molecule has 0 radical (unpaired) electrons. The smallest absolute Gasteiger partial charge is 0.545 e. The number of aromatic nitrogens is 6. The minimum absolute atomic E-state index is 0. The van der Waals surface area contributed by atoms with E-state index in [0.29, 0.717) is 52.3 Å². The molecule has 6 aromatic heterocycles. The summed E-state index contributed by atoms with van der Waals surface area (Å²) >= 11 is 0. The van der Waals surface area contributed by atoms with Gasteiger partial charge in [0.25, 0.3) is 0 Å². The van der Waals surface area contributed by atoms with Gasteiger partial charge in [-0.15, -0.1) is 0 Å². The SMILES string of the molecule is CCn1cc(C(=O)[O-])c(=O)c2ccc(-c3ccncc3)cc21.CCn1cc(C(=O)[O-])c(=O)c2ccc(-c3ccncc3)cc21.CCn1cc(C(=O)[O-])c(=O)c2ccc(-c3ccncc3)cc21.[Ga+3]. The summed E-state index contributed by atoms with van der Waals surface area (Å²) in [5.41, 5.74) is 5.40. The third-order valence-electron chi connectivity index (χ3n) is 11.0. The van der Waals surface area contributed by atoms with Crippen LogP contribution in [-0.2, 0) is 19.6 Å². The van der Waals surface area contributed by atoms with Gasteiger partial charge in [0.2, 0.25) is 0 Å². The summed E-state index contributed by atoms with van der Waals surface area (Å²) in [7, 11) is 0. The van der Waals surface area contributed by atoms with E-state index in [9.17, 15) is 44.1 Å². The molecule has 16 heteroatoms. The van der Waals surface area contributed by atoms with Gasteiger partial charge in [-0.1, -0.05) is 18.2 Å². The molecule has 0 N–H and O–H groups in total. The molecular formula is C51H39GaN6O9. The van der Waals surface area contributed by atoms with Crippen molar-refractivity contribution in [2.75, 3.05) is 0 Å². The number of carbonyl (C=O) groups is 3. The van der Waals surface area contributed by atoms with E-state index < -0.39 is 34.2 Å². The van der Waals surface area contributed by atoms with Crippen LogP contribution in [0.3, 0.4) is 0 Å². The summed E-state index contributed by atoms with van der Waals surface area (Å²) in [5, 5.41) is 34.4. The topological polar surface area (TPSA) is 225 Å². The van der Waals surface area contributed by atoms with Crippen molar-refractivity contribution in [3.63, 3.8) is 0 Å². The first kappa shape index (κ1) is 48.2. The number of benzene rings is 3. The Labute approximate surface area is 395 Å². The Hall–Kier alpha value is -8.21. The number of aryl methyl sites for hydroxylation is 3. The van der Waals surface area contributed by atoms with Crippen molar-refractivity contribution in [1.29, 1.82) is 0 Å². The molecule has 0 spiro atoms. The fraction of sp³-hybridized carbons (Fsp3) is 0.118. The Morgan fingerprint density at radius 1 is 0.403 bits per heavy atom. The standard InChI is InChI=1S/3C17H14N2O3.Ga/c3*1-2-19-10-14(17(21)22)16(20)13-4-3-12(9-15(13)19)11-5-7-18-8-6-11;/h3*3-10H,2H2,1H3,(H,21,22);/q;;;+3/p-3. The Balaban J connectivity index is 0.000000165. The van der Waals surface area contributed by atoms with E-state index in [1.165, 1.54) is 18.6 Å². The molecule has 0 aliphatic carbocycles. The van der Waals surface area contributed by atoms with Crippen LogP contribution in [0.4, 0.5) is 0 Å². The van der Waals surface area contributed by atoms with Crippen LogP contribution in [-0.4, -0.2) is 66.4 Å². The number of nitrogens with zero attached hydrogens (tertiary/aromatic N) is 6. The maximum atomic E-state index is 12.2. The molecule has 0 atom stereocenters. The molecule has 67 heavy (non-hydrogen) atoms. The van der Waals surface area contributed by atoms with E-state index in [2.05, 4.69) is 15.0 Å². The Morgan fingerprint density at radius 3 is 0.851 bits per heavy atom. The third kappa shape index (κ3) is 10.2. The van der Waals surface area contributed by atoms with Crippen LogP contribution in [0.5, 0.6) is 0 Å². The maximum Gasteiger partial charge on any atom is 3.00 e. The molecule has 3 aromatic carbocycles. The van der Waals surface area contributed by atoms with E-state index in [4.69, 9.17) is 0 Å². The van der Waals surface area contributed by atoms with Crippen LogP contribution >= 0.6 is 0 Å². The summed E-state index contributed by atoms with van der Waals surface area (Å²) in [6.45, 7) is 7.33. The molecule has 9 aromatic rings. The number of hydrogen-bond donors (Lipinski definition) is 0. The first-order valence-electron chi connectivity index (χ1n) is 20.7. The number of fused-ring (bicyclic) bond motifs is 3. The van der Waals surface area contributed by atoms with Gasteiger partial charge in [0.1, 0.15) is 0 Å². The summed E-state index contributed by atoms with van der Waals surface area (Å²) in [5.74, 6) is -4.35. The van der Waals surface area contributed by atoms with E-state index in [1.807, 2.05) is 75.4 Å². The van der Waals surface area contributed by atoms with E-state index in [1.54, 1.807) is 87.3 Å². The van der Waals surface area contributed by atoms with Gasteiger partial charge in [0.15, 0.2) is 16.3 Å². The van der Waals surface area contributed by atoms with Crippen molar-refractivity contribution < 1.29 is 29.7 Å². The van der Waals surface area contributed by atoms with E-state index in [0.717, 1.165) is 33.4 Å². The third-order valence-corrected chi connectivity index (χ3v) is 11.0. The molecule has 0 aliphatic rings. The summed E-state index contributed by atoms with van der Waals surface area (Å²) < 4.78 is 5.23. The number of carbonyl (C=O) groups excluding carboxylic acids is 3. The van der Waals surface area contributed by atoms with E-state index in [-0.39, 0.29) is 36.5 Å². The molecule has 0 amide bonds. The number of hydrogen-bond acceptors (Lipinski definition) is 12. The second kappa shape index (κ2) is 21.2. The average Bonchev–Trinajstić information content (AvgIpc) is 3.35. The molecule has 15 nitrogen and oxygen atoms in total. The van der Waals surface area contributed by atoms with Crippen molar-refractivity contribution in [2.45, 2.75) is 40.4 Å².